The second kappa shape index (κ2) is 7.59. The second-order valence-electron chi connectivity index (χ2n) is 7.01. The number of carboxylic acids is 1. The Morgan fingerprint density at radius 1 is 1.20 bits per heavy atom. The highest BCUT2D eigenvalue weighted by atomic mass is 19.1. The number of fused-ring (bicyclic) bond motifs is 2. The minimum Gasteiger partial charge on any atom is -0.477 e. The van der Waals surface area contributed by atoms with Crippen LogP contribution in [-0.2, 0) is 12.8 Å². The zero-order valence-corrected chi connectivity index (χ0v) is 15.9. The Labute approximate surface area is 170 Å². The van der Waals surface area contributed by atoms with E-state index < -0.39 is 29.0 Å². The normalized spacial score (nSPS) is 14.2. The van der Waals surface area contributed by atoms with Crippen LogP contribution < -0.4 is 5.56 Å². The lowest BCUT2D eigenvalue weighted by Gasteiger charge is -2.07. The largest absolute Gasteiger partial charge is 0.477 e. The van der Waals surface area contributed by atoms with Gasteiger partial charge in [0.05, 0.1) is 11.1 Å². The van der Waals surface area contributed by atoms with Crippen molar-refractivity contribution in [1.82, 2.24) is 9.55 Å². The molecule has 2 N–H and O–H groups in total. The number of carbonyl (C=O) groups is 1. The van der Waals surface area contributed by atoms with Crippen LogP contribution in [0.15, 0.2) is 65.9 Å². The van der Waals surface area contributed by atoms with Crippen LogP contribution in [0.1, 0.15) is 28.0 Å². The van der Waals surface area contributed by atoms with Crippen molar-refractivity contribution in [2.24, 2.45) is 0 Å². The molecule has 2 aromatic heterocycles. The number of aromatic nitrogens is 2. The Hall–Kier alpha value is -3.74. The Balaban J connectivity index is 2.14. The fourth-order valence-electron chi connectivity index (χ4n) is 3.96. The van der Waals surface area contributed by atoms with E-state index in [2.05, 4.69) is 11.6 Å². The molecule has 0 unspecified atom stereocenters. The van der Waals surface area contributed by atoms with Gasteiger partial charge in [0.2, 0.25) is 0 Å². The standard InChI is InChI=1S/C23H18F2N2O3/c1-2-15(24)8-9-19(25)27-18-12-14-6-3-5-13(14)11-17(18)20(21(27)23(29)30)16-7-4-10-26-22(16)28/h2,4,7-12H,1,3,5-6H2,(H,26,28)(H,29,30)/b15-8+,19-9-. The number of halogens is 2. The molecule has 152 valence electrons. The number of H-pyrrole nitrogens is 1. The van der Waals surface area contributed by atoms with Gasteiger partial charge in [-0.1, -0.05) is 6.58 Å². The molecular weight excluding hydrogens is 390 g/mol. The number of carboxylic acid groups (broad SMARTS) is 1. The highest BCUT2D eigenvalue weighted by molar-refractivity contribution is 6.09. The van der Waals surface area contributed by atoms with E-state index in [-0.39, 0.29) is 11.1 Å². The summed E-state index contributed by atoms with van der Waals surface area (Å²) in [6, 6.07) is 6.66. The van der Waals surface area contributed by atoms with Crippen LogP contribution in [-0.4, -0.2) is 20.6 Å². The first-order valence-electron chi connectivity index (χ1n) is 9.39. The van der Waals surface area contributed by atoms with Gasteiger partial charge >= 0.3 is 5.97 Å². The number of aryl methyl sites for hydroxylation is 2. The van der Waals surface area contributed by atoms with Crippen molar-refractivity contribution >= 4 is 22.8 Å². The monoisotopic (exact) mass is 408 g/mol. The lowest BCUT2D eigenvalue weighted by Crippen LogP contribution is -2.12. The summed E-state index contributed by atoms with van der Waals surface area (Å²) < 4.78 is 29.6. The molecule has 0 aliphatic heterocycles. The molecule has 1 aromatic carbocycles. The second-order valence-corrected chi connectivity index (χ2v) is 7.01. The number of pyridine rings is 1. The van der Waals surface area contributed by atoms with E-state index in [1.165, 1.54) is 12.3 Å². The van der Waals surface area contributed by atoms with E-state index >= 15 is 4.39 Å². The third-order valence-corrected chi connectivity index (χ3v) is 5.26. The predicted octanol–water partition coefficient (Wildman–Crippen LogP) is 4.99. The summed E-state index contributed by atoms with van der Waals surface area (Å²) in [5, 5.41) is 10.4. The number of rotatable bonds is 5. The summed E-state index contributed by atoms with van der Waals surface area (Å²) in [6.07, 6.45) is 6.63. The summed E-state index contributed by atoms with van der Waals surface area (Å²) in [7, 11) is 0. The van der Waals surface area contributed by atoms with Crippen LogP contribution in [0.5, 0.6) is 0 Å². The molecule has 30 heavy (non-hydrogen) atoms. The van der Waals surface area contributed by atoms with Crippen molar-refractivity contribution < 1.29 is 18.7 Å². The van der Waals surface area contributed by atoms with Crippen LogP contribution in [0.2, 0.25) is 0 Å². The molecule has 0 saturated heterocycles. The Morgan fingerprint density at radius 2 is 1.93 bits per heavy atom. The molecule has 0 amide bonds. The quantitative estimate of drug-likeness (QED) is 0.584. The number of benzene rings is 1. The molecule has 0 spiro atoms. The van der Waals surface area contributed by atoms with Crippen molar-refractivity contribution in [2.45, 2.75) is 19.3 Å². The molecule has 0 atom stereocenters. The van der Waals surface area contributed by atoms with Gasteiger partial charge in [-0.25, -0.2) is 9.18 Å². The van der Waals surface area contributed by atoms with Crippen molar-refractivity contribution in [3.05, 3.63) is 88.3 Å². The average molecular weight is 408 g/mol. The first kappa shape index (κ1) is 19.6. The molecule has 4 rings (SSSR count). The molecule has 3 aromatic rings. The van der Waals surface area contributed by atoms with Crippen molar-refractivity contribution in [3.63, 3.8) is 0 Å². The molecule has 0 bridgehead atoms. The average Bonchev–Trinajstić information content (AvgIpc) is 3.32. The Bertz CT molecular complexity index is 1310. The number of nitrogens with zero attached hydrogens (tertiary/aromatic N) is 1. The molecule has 1 aliphatic carbocycles. The van der Waals surface area contributed by atoms with Gasteiger partial charge in [0.15, 0.2) is 5.95 Å². The molecule has 7 heteroatoms. The molecule has 1 aliphatic rings. The van der Waals surface area contributed by atoms with E-state index in [1.807, 2.05) is 6.07 Å². The molecule has 2 heterocycles. The maximum atomic E-state index is 15.2. The summed E-state index contributed by atoms with van der Waals surface area (Å²) >= 11 is 0. The van der Waals surface area contributed by atoms with E-state index in [1.54, 1.807) is 12.1 Å². The smallest absolute Gasteiger partial charge is 0.353 e. The van der Waals surface area contributed by atoms with Crippen molar-refractivity contribution in [1.29, 1.82) is 0 Å². The van der Waals surface area contributed by atoms with Crippen LogP contribution in [0.3, 0.4) is 0 Å². The van der Waals surface area contributed by atoms with Crippen LogP contribution >= 0.6 is 0 Å². The van der Waals surface area contributed by atoms with Crippen molar-refractivity contribution in [3.8, 4) is 11.1 Å². The topological polar surface area (TPSA) is 75.1 Å². The molecule has 0 saturated carbocycles. The van der Waals surface area contributed by atoms with Gasteiger partial charge in [0, 0.05) is 17.1 Å². The molecule has 0 radical (unpaired) electrons. The van der Waals surface area contributed by atoms with Gasteiger partial charge in [-0.3, -0.25) is 9.36 Å². The van der Waals surface area contributed by atoms with Gasteiger partial charge in [0.25, 0.3) is 5.56 Å². The first-order chi connectivity index (χ1) is 14.4. The number of hydrogen-bond acceptors (Lipinski definition) is 2. The third kappa shape index (κ3) is 3.18. The first-order valence-corrected chi connectivity index (χ1v) is 9.39. The van der Waals surface area contributed by atoms with Gasteiger partial charge < -0.3 is 10.1 Å². The number of allylic oxidation sites excluding steroid dienone is 4. The SMILES string of the molecule is C=C/C(F)=C\C=C(\F)n1c(C(=O)O)c(-c2ccc[nH]c2=O)c2cc3c(cc21)CCC3. The van der Waals surface area contributed by atoms with Gasteiger partial charge in [0.1, 0.15) is 11.5 Å². The molecular formula is C23H18F2N2O3. The fraction of sp³-hybridized carbons (Fsp3) is 0.130. The summed E-state index contributed by atoms with van der Waals surface area (Å²) in [4.78, 5) is 27.2. The summed E-state index contributed by atoms with van der Waals surface area (Å²) in [6.45, 7) is 3.27. The third-order valence-electron chi connectivity index (χ3n) is 5.26. The highest BCUT2D eigenvalue weighted by Crippen LogP contribution is 2.39. The number of aromatic carboxylic acids is 1. The van der Waals surface area contributed by atoms with Gasteiger partial charge in [-0.2, -0.15) is 4.39 Å². The number of aromatic amines is 1. The van der Waals surface area contributed by atoms with Crippen molar-refractivity contribution in [2.75, 3.05) is 0 Å². The predicted molar refractivity (Wildman–Crippen MR) is 112 cm³/mol. The fourth-order valence-corrected chi connectivity index (χ4v) is 3.96. The minimum absolute atomic E-state index is 0.122. The molecule has 0 fully saturated rings. The van der Waals surface area contributed by atoms with E-state index in [9.17, 15) is 19.1 Å². The van der Waals surface area contributed by atoms with Crippen LogP contribution in [0, 0.1) is 0 Å². The summed E-state index contributed by atoms with van der Waals surface area (Å²) in [5.74, 6) is -3.15. The lowest BCUT2D eigenvalue weighted by atomic mass is 10.00. The Kier molecular flexibility index (Phi) is 4.95. The minimum atomic E-state index is -1.40. The van der Waals surface area contributed by atoms with Gasteiger partial charge in [-0.15, -0.1) is 0 Å². The number of hydrogen-bond donors (Lipinski definition) is 2. The van der Waals surface area contributed by atoms with Crippen LogP contribution in [0.25, 0.3) is 28.0 Å². The van der Waals surface area contributed by atoms with E-state index in [0.29, 0.717) is 10.9 Å². The maximum Gasteiger partial charge on any atom is 0.353 e. The Morgan fingerprint density at radius 3 is 2.60 bits per heavy atom. The van der Waals surface area contributed by atoms with Crippen LogP contribution in [0.4, 0.5) is 8.78 Å². The van der Waals surface area contributed by atoms with E-state index in [4.69, 9.17) is 0 Å². The lowest BCUT2D eigenvalue weighted by molar-refractivity contribution is 0.0689. The van der Waals surface area contributed by atoms with Gasteiger partial charge in [-0.05, 0) is 72.9 Å². The summed E-state index contributed by atoms with van der Waals surface area (Å²) in [5.41, 5.74) is 1.74. The van der Waals surface area contributed by atoms with E-state index in [0.717, 1.165) is 53.2 Å². The highest BCUT2D eigenvalue weighted by Gasteiger charge is 2.28. The number of nitrogens with one attached hydrogen (secondary N) is 1. The molecule has 5 nitrogen and oxygen atoms in total. The zero-order valence-electron chi connectivity index (χ0n) is 15.9. The maximum absolute atomic E-state index is 15.2. The zero-order chi connectivity index (χ0) is 21.4.